The van der Waals surface area contributed by atoms with Crippen molar-refractivity contribution in [3.05, 3.63) is 89.1 Å². The van der Waals surface area contributed by atoms with Crippen molar-refractivity contribution in [2.24, 2.45) is 0 Å². The van der Waals surface area contributed by atoms with Crippen molar-refractivity contribution < 1.29 is 13.2 Å². The van der Waals surface area contributed by atoms with E-state index in [2.05, 4.69) is 34.5 Å². The average Bonchev–Trinajstić information content (AvgIpc) is 3.51. The number of nitrogens with one attached hydrogen (secondary N) is 1. The van der Waals surface area contributed by atoms with Crippen molar-refractivity contribution in [2.75, 3.05) is 11.0 Å². The molecule has 0 spiro atoms. The van der Waals surface area contributed by atoms with Crippen LogP contribution in [0.2, 0.25) is 0 Å². The maximum atomic E-state index is 11.9. The van der Waals surface area contributed by atoms with Gasteiger partial charge in [0, 0.05) is 16.6 Å². The van der Waals surface area contributed by atoms with Gasteiger partial charge in [-0.05, 0) is 77.4 Å². The van der Waals surface area contributed by atoms with Crippen LogP contribution in [0.5, 0.6) is 5.75 Å². The van der Waals surface area contributed by atoms with Crippen molar-refractivity contribution in [1.29, 1.82) is 0 Å². The molecule has 0 radical (unpaired) electrons. The van der Waals surface area contributed by atoms with Gasteiger partial charge in [0.25, 0.3) is 0 Å². The Morgan fingerprint density at radius 1 is 1.05 bits per heavy atom. The summed E-state index contributed by atoms with van der Waals surface area (Å²) in [6, 6.07) is 20.8. The molecule has 37 heavy (non-hydrogen) atoms. The second kappa shape index (κ2) is 9.38. The Morgan fingerprint density at radius 2 is 1.86 bits per heavy atom. The van der Waals surface area contributed by atoms with Crippen LogP contribution < -0.4 is 9.46 Å². The Morgan fingerprint density at radius 3 is 2.65 bits per heavy atom. The van der Waals surface area contributed by atoms with Gasteiger partial charge < -0.3 is 4.74 Å². The lowest BCUT2D eigenvalue weighted by atomic mass is 9.86. The first-order chi connectivity index (χ1) is 17.9. The number of fused-ring (bicyclic) bond motifs is 3. The fraction of sp³-hybridized carbons (Fsp3) is 0.300. The first-order valence-corrected chi connectivity index (χ1v) is 14.8. The van der Waals surface area contributed by atoms with Crippen LogP contribution >= 0.6 is 0 Å². The highest BCUT2D eigenvalue weighted by Gasteiger charge is 2.25. The molecule has 1 aliphatic carbocycles. The number of benzene rings is 3. The van der Waals surface area contributed by atoms with Gasteiger partial charge in [0.05, 0.1) is 24.0 Å². The van der Waals surface area contributed by atoms with Crippen molar-refractivity contribution in [3.8, 4) is 5.75 Å². The molecule has 2 aliphatic rings. The Labute approximate surface area is 218 Å². The highest BCUT2D eigenvalue weighted by molar-refractivity contribution is 7.92. The highest BCUT2D eigenvalue weighted by Crippen LogP contribution is 2.44. The highest BCUT2D eigenvalue weighted by atomic mass is 32.2. The first kappa shape index (κ1) is 23.8. The molecule has 1 aromatic heterocycles. The Bertz CT molecular complexity index is 1630. The maximum Gasteiger partial charge on any atom is 0.229 e. The minimum atomic E-state index is -3.38. The Kier molecular flexibility index (Phi) is 6.03. The SMILES string of the molecule is CC/C(=C1\c2cc3cnn(C4CCCC4)c3cc2COc2ccccc21)c1cccc(NS(C)(=O)=O)c1. The summed E-state index contributed by atoms with van der Waals surface area (Å²) in [4.78, 5) is 0. The summed E-state index contributed by atoms with van der Waals surface area (Å²) < 4.78 is 35.0. The molecule has 6 rings (SSSR count). The van der Waals surface area contributed by atoms with Gasteiger partial charge in [0.1, 0.15) is 12.4 Å². The van der Waals surface area contributed by atoms with Crippen molar-refractivity contribution >= 4 is 37.8 Å². The number of hydrogen-bond acceptors (Lipinski definition) is 4. The summed E-state index contributed by atoms with van der Waals surface area (Å²) in [5, 5.41) is 5.93. The van der Waals surface area contributed by atoms with E-state index in [1.165, 1.54) is 31.9 Å². The third-order valence-electron chi connectivity index (χ3n) is 7.47. The van der Waals surface area contributed by atoms with E-state index in [0.717, 1.165) is 56.5 Å². The van der Waals surface area contributed by atoms with E-state index in [4.69, 9.17) is 9.84 Å². The number of nitrogens with zero attached hydrogens (tertiary/aromatic N) is 2. The van der Waals surface area contributed by atoms with Crippen LogP contribution in [-0.4, -0.2) is 24.5 Å². The number of hydrogen-bond donors (Lipinski definition) is 1. The van der Waals surface area contributed by atoms with E-state index in [9.17, 15) is 8.42 Å². The van der Waals surface area contributed by atoms with Gasteiger partial charge in [-0.3, -0.25) is 9.40 Å². The number of allylic oxidation sites excluding steroid dienone is 1. The molecule has 1 fully saturated rings. The largest absolute Gasteiger partial charge is 0.488 e. The molecule has 3 aromatic carbocycles. The molecule has 7 heteroatoms. The fourth-order valence-corrected chi connectivity index (χ4v) is 6.42. The van der Waals surface area contributed by atoms with E-state index in [0.29, 0.717) is 18.3 Å². The van der Waals surface area contributed by atoms with Crippen molar-refractivity contribution in [2.45, 2.75) is 51.7 Å². The standard InChI is InChI=1S/C30H31N3O3S/c1-3-25(20-9-8-10-23(15-20)32-37(2,34)35)30-26-13-6-7-14-29(26)36-19-22-17-28-21(16-27(22)30)18-31-33(28)24-11-4-5-12-24/h6-10,13-18,24,32H,3-5,11-12,19H2,1-2H3/b30-25+. The molecule has 0 atom stereocenters. The summed E-state index contributed by atoms with van der Waals surface area (Å²) in [6.45, 7) is 2.62. The van der Waals surface area contributed by atoms with Gasteiger partial charge in [0.2, 0.25) is 10.0 Å². The molecule has 6 nitrogen and oxygen atoms in total. The van der Waals surface area contributed by atoms with Crippen LogP contribution in [-0.2, 0) is 16.6 Å². The van der Waals surface area contributed by atoms with E-state index < -0.39 is 10.0 Å². The number of aromatic nitrogens is 2. The summed E-state index contributed by atoms with van der Waals surface area (Å²) in [5.41, 5.74) is 8.28. The van der Waals surface area contributed by atoms with Crippen molar-refractivity contribution in [3.63, 3.8) is 0 Å². The molecule has 0 amide bonds. The molecule has 1 saturated carbocycles. The van der Waals surface area contributed by atoms with Crippen LogP contribution in [0.1, 0.15) is 67.3 Å². The number of para-hydroxylation sites is 1. The molecule has 2 heterocycles. The minimum Gasteiger partial charge on any atom is -0.488 e. The second-order valence-corrected chi connectivity index (χ2v) is 11.8. The van der Waals surface area contributed by atoms with Crippen LogP contribution in [0, 0.1) is 0 Å². The lowest BCUT2D eigenvalue weighted by Crippen LogP contribution is -2.09. The smallest absolute Gasteiger partial charge is 0.229 e. The predicted octanol–water partition coefficient (Wildman–Crippen LogP) is 6.78. The van der Waals surface area contributed by atoms with Gasteiger partial charge in [-0.1, -0.05) is 50.1 Å². The number of ether oxygens (including phenoxy) is 1. The zero-order valence-electron chi connectivity index (χ0n) is 21.2. The molecule has 190 valence electrons. The third kappa shape index (κ3) is 4.53. The van der Waals surface area contributed by atoms with Crippen molar-refractivity contribution in [1.82, 2.24) is 9.78 Å². The predicted molar refractivity (Wildman–Crippen MR) is 149 cm³/mol. The third-order valence-corrected chi connectivity index (χ3v) is 8.08. The normalized spacial score (nSPS) is 17.1. The summed E-state index contributed by atoms with van der Waals surface area (Å²) in [5.74, 6) is 0.853. The van der Waals surface area contributed by atoms with Crippen LogP contribution in [0.25, 0.3) is 22.0 Å². The van der Waals surface area contributed by atoms with Crippen LogP contribution in [0.4, 0.5) is 5.69 Å². The maximum absolute atomic E-state index is 11.9. The number of anilines is 1. The lowest BCUT2D eigenvalue weighted by molar-refractivity contribution is 0.307. The number of sulfonamides is 1. The molecular weight excluding hydrogens is 482 g/mol. The van der Waals surface area contributed by atoms with Gasteiger partial charge in [-0.25, -0.2) is 8.42 Å². The summed E-state index contributed by atoms with van der Waals surface area (Å²) in [6.07, 6.45) is 8.81. The Balaban J connectivity index is 1.58. The monoisotopic (exact) mass is 513 g/mol. The van der Waals surface area contributed by atoms with Crippen LogP contribution in [0.15, 0.2) is 66.9 Å². The lowest BCUT2D eigenvalue weighted by Gasteiger charge is -2.18. The summed E-state index contributed by atoms with van der Waals surface area (Å²) >= 11 is 0. The van der Waals surface area contributed by atoms with E-state index in [1.54, 1.807) is 6.07 Å². The van der Waals surface area contributed by atoms with Crippen LogP contribution in [0.3, 0.4) is 0 Å². The quantitative estimate of drug-likeness (QED) is 0.319. The fourth-order valence-electron chi connectivity index (χ4n) is 5.86. The van der Waals surface area contributed by atoms with Gasteiger partial charge in [-0.15, -0.1) is 0 Å². The zero-order valence-corrected chi connectivity index (χ0v) is 22.0. The van der Waals surface area contributed by atoms with E-state index in [1.807, 2.05) is 42.6 Å². The molecule has 0 bridgehead atoms. The molecular formula is C30H31N3O3S. The Hall–Kier alpha value is -3.58. The van der Waals surface area contributed by atoms with Gasteiger partial charge in [-0.2, -0.15) is 5.10 Å². The minimum absolute atomic E-state index is 0.464. The summed E-state index contributed by atoms with van der Waals surface area (Å²) in [7, 11) is -3.38. The molecule has 0 unspecified atom stereocenters. The van der Waals surface area contributed by atoms with Gasteiger partial charge in [0.15, 0.2) is 0 Å². The topological polar surface area (TPSA) is 73.2 Å². The molecule has 0 saturated heterocycles. The first-order valence-electron chi connectivity index (χ1n) is 13.0. The second-order valence-electron chi connectivity index (χ2n) is 10.0. The average molecular weight is 514 g/mol. The molecule has 1 aliphatic heterocycles. The molecule has 1 N–H and O–H groups in total. The van der Waals surface area contributed by atoms with E-state index in [-0.39, 0.29) is 0 Å². The zero-order chi connectivity index (χ0) is 25.6. The van der Waals surface area contributed by atoms with E-state index >= 15 is 0 Å². The van der Waals surface area contributed by atoms with Gasteiger partial charge >= 0.3 is 0 Å². The number of rotatable bonds is 5. The molecule has 4 aromatic rings.